The van der Waals surface area contributed by atoms with Crippen LogP contribution < -0.4 is 0 Å². The first-order chi connectivity index (χ1) is 12.5. The smallest absolute Gasteiger partial charge is 0.264 e. The van der Waals surface area contributed by atoms with Crippen LogP contribution in [0.25, 0.3) is 11.6 Å². The highest BCUT2D eigenvalue weighted by molar-refractivity contribution is 5.85. The van der Waals surface area contributed by atoms with E-state index in [0.29, 0.717) is 24.2 Å². The van der Waals surface area contributed by atoms with Crippen molar-refractivity contribution in [1.29, 1.82) is 0 Å². The van der Waals surface area contributed by atoms with Gasteiger partial charge < -0.3 is 13.9 Å². The predicted octanol–water partition coefficient (Wildman–Crippen LogP) is 2.22. The number of amides is 1. The zero-order valence-electron chi connectivity index (χ0n) is 15.9. The summed E-state index contributed by atoms with van der Waals surface area (Å²) in [5.74, 6) is 1.51. The molecule has 2 fully saturated rings. The average Bonchev–Trinajstić information content (AvgIpc) is 3.38. The highest BCUT2D eigenvalue weighted by Gasteiger charge is 2.50. The molecule has 4 rings (SSSR count). The molecule has 1 spiro atoms. The fourth-order valence-electron chi connectivity index (χ4n) is 4.29. The van der Waals surface area contributed by atoms with Gasteiger partial charge in [0.05, 0.1) is 12.0 Å². The van der Waals surface area contributed by atoms with E-state index < -0.39 is 0 Å². The van der Waals surface area contributed by atoms with Gasteiger partial charge in [0.2, 0.25) is 11.8 Å². The first-order valence-electron chi connectivity index (χ1n) is 9.49. The fourth-order valence-corrected chi connectivity index (χ4v) is 4.29. The van der Waals surface area contributed by atoms with Crippen molar-refractivity contribution in [2.45, 2.75) is 39.7 Å². The summed E-state index contributed by atoms with van der Waals surface area (Å²) in [4.78, 5) is 17.1. The van der Waals surface area contributed by atoms with Gasteiger partial charge in [-0.05, 0) is 44.9 Å². The summed E-state index contributed by atoms with van der Waals surface area (Å²) in [6.07, 6.45) is 2.93. The summed E-state index contributed by atoms with van der Waals surface area (Å²) >= 11 is 0. The number of carbonyl (C=O) groups is 1. The van der Waals surface area contributed by atoms with Gasteiger partial charge in [-0.25, -0.2) is 0 Å². The molecular weight excluding hydrogens is 330 g/mol. The molecule has 0 radical (unpaired) electrons. The molecule has 0 bridgehead atoms. The van der Waals surface area contributed by atoms with E-state index in [4.69, 9.17) is 4.42 Å². The van der Waals surface area contributed by atoms with Gasteiger partial charge in [-0.1, -0.05) is 6.92 Å². The first-order valence-corrected chi connectivity index (χ1v) is 9.49. The summed E-state index contributed by atoms with van der Waals surface area (Å²) in [7, 11) is 1.99. The Labute approximate surface area is 154 Å². The number of aromatic nitrogens is 3. The van der Waals surface area contributed by atoms with Crippen LogP contribution in [0, 0.1) is 12.3 Å². The zero-order chi connectivity index (χ0) is 18.3. The van der Waals surface area contributed by atoms with Crippen molar-refractivity contribution in [3.8, 4) is 11.6 Å². The molecule has 2 aliphatic rings. The summed E-state index contributed by atoms with van der Waals surface area (Å²) in [5, 5.41) is 8.42. The second-order valence-electron chi connectivity index (χ2n) is 7.70. The lowest BCUT2D eigenvalue weighted by atomic mass is 9.85. The third-order valence-electron chi connectivity index (χ3n) is 5.95. The minimum atomic E-state index is -0.187. The highest BCUT2D eigenvalue weighted by Crippen LogP contribution is 2.41. The molecule has 0 N–H and O–H groups in total. The maximum atomic E-state index is 12.8. The first kappa shape index (κ1) is 17.3. The Morgan fingerprint density at radius 1 is 1.23 bits per heavy atom. The number of rotatable bonds is 5. The van der Waals surface area contributed by atoms with E-state index in [0.717, 1.165) is 56.8 Å². The van der Waals surface area contributed by atoms with E-state index in [-0.39, 0.29) is 5.41 Å². The molecular formula is C19H27N5O2. The number of likely N-dealkylation sites (tertiary alicyclic amines) is 2. The van der Waals surface area contributed by atoms with Crippen LogP contribution in [0.2, 0.25) is 0 Å². The summed E-state index contributed by atoms with van der Waals surface area (Å²) < 4.78 is 7.93. The van der Waals surface area contributed by atoms with Crippen LogP contribution in [0.1, 0.15) is 37.8 Å². The molecule has 1 amide bonds. The lowest BCUT2D eigenvalue weighted by Gasteiger charge is -2.23. The van der Waals surface area contributed by atoms with Gasteiger partial charge in [-0.3, -0.25) is 9.69 Å². The molecule has 140 valence electrons. The largest absolute Gasteiger partial charge is 0.418 e. The van der Waals surface area contributed by atoms with Gasteiger partial charge in [0.1, 0.15) is 5.69 Å². The maximum absolute atomic E-state index is 12.8. The lowest BCUT2D eigenvalue weighted by Crippen LogP contribution is -2.37. The van der Waals surface area contributed by atoms with Gasteiger partial charge in [-0.2, -0.15) is 0 Å². The van der Waals surface area contributed by atoms with E-state index in [1.807, 2.05) is 35.6 Å². The summed E-state index contributed by atoms with van der Waals surface area (Å²) in [5.41, 5.74) is 1.89. The highest BCUT2D eigenvalue weighted by atomic mass is 16.4. The lowest BCUT2D eigenvalue weighted by molar-refractivity contribution is -0.135. The van der Waals surface area contributed by atoms with Crippen LogP contribution in [-0.4, -0.2) is 56.7 Å². The zero-order valence-corrected chi connectivity index (χ0v) is 15.9. The second kappa shape index (κ2) is 6.54. The second-order valence-corrected chi connectivity index (χ2v) is 7.70. The minimum Gasteiger partial charge on any atom is -0.418 e. The average molecular weight is 357 g/mol. The van der Waals surface area contributed by atoms with Crippen molar-refractivity contribution in [1.82, 2.24) is 24.6 Å². The van der Waals surface area contributed by atoms with Crippen molar-refractivity contribution in [2.24, 2.45) is 12.5 Å². The summed E-state index contributed by atoms with van der Waals surface area (Å²) in [6.45, 7) is 8.27. The van der Waals surface area contributed by atoms with E-state index in [1.54, 1.807) is 0 Å². The standard InChI is InChI=1S/C19H27N5O2/c1-4-9-24-11-8-19(18(24)25)7-10-23(13-19)12-16-20-21-17(26-16)15-6-5-14(2)22(15)3/h5-6H,4,7-13H2,1-3H3. The molecule has 26 heavy (non-hydrogen) atoms. The number of nitrogens with zero attached hydrogens (tertiary/aromatic N) is 5. The van der Waals surface area contributed by atoms with Crippen molar-refractivity contribution >= 4 is 5.91 Å². The Bertz CT molecular complexity index is 811. The third-order valence-corrected chi connectivity index (χ3v) is 5.95. The Balaban J connectivity index is 1.42. The van der Waals surface area contributed by atoms with Crippen LogP contribution >= 0.6 is 0 Å². The van der Waals surface area contributed by atoms with Gasteiger partial charge in [0.15, 0.2) is 0 Å². The van der Waals surface area contributed by atoms with Crippen LogP contribution in [0.3, 0.4) is 0 Å². The van der Waals surface area contributed by atoms with Crippen LogP contribution in [0.15, 0.2) is 16.5 Å². The molecule has 2 aromatic heterocycles. The molecule has 4 heterocycles. The van der Waals surface area contributed by atoms with Crippen molar-refractivity contribution in [3.05, 3.63) is 23.7 Å². The van der Waals surface area contributed by atoms with Gasteiger partial charge in [0.25, 0.3) is 5.89 Å². The van der Waals surface area contributed by atoms with Gasteiger partial charge in [-0.15, -0.1) is 10.2 Å². The number of hydrogen-bond donors (Lipinski definition) is 0. The molecule has 7 heteroatoms. The molecule has 0 aliphatic carbocycles. The van der Waals surface area contributed by atoms with E-state index >= 15 is 0 Å². The van der Waals surface area contributed by atoms with Crippen molar-refractivity contribution < 1.29 is 9.21 Å². The molecule has 0 aromatic carbocycles. The normalized spacial score (nSPS) is 23.7. The molecule has 7 nitrogen and oxygen atoms in total. The number of carbonyl (C=O) groups excluding carboxylic acids is 1. The Kier molecular flexibility index (Phi) is 4.34. The van der Waals surface area contributed by atoms with Crippen molar-refractivity contribution in [2.75, 3.05) is 26.2 Å². The van der Waals surface area contributed by atoms with Gasteiger partial charge >= 0.3 is 0 Å². The van der Waals surface area contributed by atoms with E-state index in [2.05, 4.69) is 22.0 Å². The Morgan fingerprint density at radius 2 is 2.04 bits per heavy atom. The maximum Gasteiger partial charge on any atom is 0.264 e. The Hall–Kier alpha value is -2.15. The van der Waals surface area contributed by atoms with E-state index in [1.165, 1.54) is 0 Å². The van der Waals surface area contributed by atoms with Crippen LogP contribution in [0.4, 0.5) is 0 Å². The predicted molar refractivity (Wildman–Crippen MR) is 97.3 cm³/mol. The van der Waals surface area contributed by atoms with Crippen molar-refractivity contribution in [3.63, 3.8) is 0 Å². The molecule has 2 aromatic rings. The third kappa shape index (κ3) is 2.84. The number of hydrogen-bond acceptors (Lipinski definition) is 5. The van der Waals surface area contributed by atoms with E-state index in [9.17, 15) is 4.79 Å². The van der Waals surface area contributed by atoms with Crippen LogP contribution in [-0.2, 0) is 18.4 Å². The Morgan fingerprint density at radius 3 is 2.77 bits per heavy atom. The molecule has 2 saturated heterocycles. The molecule has 1 atom stereocenters. The molecule has 2 aliphatic heterocycles. The molecule has 0 saturated carbocycles. The number of aryl methyl sites for hydroxylation is 1. The minimum absolute atomic E-state index is 0.187. The SMILES string of the molecule is CCCN1CCC2(CCN(Cc3nnc(-c4ccc(C)n4C)o3)C2)C1=O. The monoisotopic (exact) mass is 357 g/mol. The van der Waals surface area contributed by atoms with Crippen LogP contribution in [0.5, 0.6) is 0 Å². The van der Waals surface area contributed by atoms with Gasteiger partial charge in [0, 0.05) is 32.4 Å². The topological polar surface area (TPSA) is 67.4 Å². The summed E-state index contributed by atoms with van der Waals surface area (Å²) in [6, 6.07) is 4.04. The molecule has 1 unspecified atom stereocenters. The quantitative estimate of drug-likeness (QED) is 0.821. The fraction of sp³-hybridized carbons (Fsp3) is 0.632.